The monoisotopic (exact) mass is 1050 g/mol. The van der Waals surface area contributed by atoms with E-state index in [2.05, 4.69) is 33.7 Å². The summed E-state index contributed by atoms with van der Waals surface area (Å²) in [6.07, 6.45) is 4.83. The Morgan fingerprint density at radius 1 is 0.681 bits per heavy atom. The van der Waals surface area contributed by atoms with E-state index in [-0.39, 0.29) is 60.8 Å². The standard InChI is InChI=1S/C20H22ClNO4.C13H17NO4.C11H14ClNO.C4H8O.C4H9.CH4BP.CH4.Li/c1-20(2,3)19(24)22-15-10-9-12(21)11-14(15)17(23)13-7-6-8-16(25-4)18(13)26-5;1-16-11-5-3-4-10(12(11)17-2)13(15)14-6-8-18-9-7-14;1-11(2,3)10(14)13-9-6-4-8(12)5-7-9;1-2-4-5-3-1;1-3-4-2;2-1-3;;/h6-11H,1-5H3,(H,22,24);3-5H,6-9H2,1-2H3;4-7H,1-3H3,(H,13,14);1-4H2;1,3-4H2,2H3;1,3H2;1H4;/q;;;;-1;;;+1. The van der Waals surface area contributed by atoms with Crippen LogP contribution in [0.5, 0.6) is 23.0 Å². The van der Waals surface area contributed by atoms with Gasteiger partial charge in [0.05, 0.1) is 66.3 Å². The Hall–Kier alpha value is -4.25. The quantitative estimate of drug-likeness (QED) is 0.0682. The van der Waals surface area contributed by atoms with Gasteiger partial charge in [0, 0.05) is 58.4 Å². The van der Waals surface area contributed by atoms with Gasteiger partial charge in [-0.1, -0.05) is 104 Å². The molecule has 0 aliphatic carbocycles. The maximum Gasteiger partial charge on any atom is 1.00 e. The normalized spacial score (nSPS) is 12.3. The number of amides is 3. The number of benzene rings is 4. The van der Waals surface area contributed by atoms with E-state index in [4.69, 9.17) is 59.5 Å². The molecule has 0 bridgehead atoms. The number of hydrogen-bond acceptors (Lipinski definition) is 10. The molecule has 2 fully saturated rings. The van der Waals surface area contributed by atoms with Crippen molar-refractivity contribution in [1.29, 1.82) is 0 Å². The number of morpholine rings is 1. The van der Waals surface area contributed by atoms with E-state index in [9.17, 15) is 19.2 Å². The number of ether oxygens (including phenoxy) is 6. The third-order valence-electron chi connectivity index (χ3n) is 9.70. The van der Waals surface area contributed by atoms with Crippen molar-refractivity contribution in [2.45, 2.75) is 81.6 Å². The predicted molar refractivity (Wildman–Crippen MR) is 296 cm³/mol. The van der Waals surface area contributed by atoms with Crippen LogP contribution in [-0.2, 0) is 19.1 Å². The summed E-state index contributed by atoms with van der Waals surface area (Å²) in [6, 6.07) is 22.9. The summed E-state index contributed by atoms with van der Waals surface area (Å²) in [7, 11) is 13.2. The van der Waals surface area contributed by atoms with Crippen LogP contribution in [0.1, 0.15) is 108 Å². The van der Waals surface area contributed by atoms with Crippen LogP contribution in [0.3, 0.4) is 0 Å². The SMILES string of the molecule is C.C1CCOC1.CC(C)(C)C(=O)Nc1ccc(Cl)cc1.COc1cccc(C(=O)N2CCOCC2)c1OC.COc1cccc(C(=O)c2cc(Cl)ccc2NC(=O)C(C)(C)C)c1OC.[B]CP.[CH2-]CCC.[Li+]. The molecule has 2 heterocycles. The summed E-state index contributed by atoms with van der Waals surface area (Å²) in [5.41, 5.74) is 1.31. The van der Waals surface area contributed by atoms with Gasteiger partial charge in [0.15, 0.2) is 28.8 Å². The minimum absolute atomic E-state index is 0. The number of methoxy groups -OCH3 is 4. The number of nitrogens with zero attached hydrogens (tertiary/aromatic N) is 1. The maximum absolute atomic E-state index is 13.2. The Bertz CT molecular complexity index is 2190. The van der Waals surface area contributed by atoms with Crippen molar-refractivity contribution >= 4 is 75.2 Å². The number of halogens is 2. The van der Waals surface area contributed by atoms with Crippen LogP contribution in [0, 0.1) is 17.8 Å². The van der Waals surface area contributed by atoms with Crippen molar-refractivity contribution < 1.29 is 66.5 Å². The van der Waals surface area contributed by atoms with Crippen LogP contribution in [-0.4, -0.2) is 110 Å². The molecule has 2 saturated heterocycles. The predicted octanol–water partition coefficient (Wildman–Crippen LogP) is 9.12. The van der Waals surface area contributed by atoms with Crippen molar-refractivity contribution in [1.82, 2.24) is 4.90 Å². The molecule has 2 aliphatic rings. The van der Waals surface area contributed by atoms with E-state index in [1.54, 1.807) is 106 Å². The molecular weight excluding hydrogens is 970 g/mol. The zero-order chi connectivity index (χ0) is 52.9. The number of para-hydroxylation sites is 2. The van der Waals surface area contributed by atoms with Crippen molar-refractivity contribution in [3.63, 3.8) is 0 Å². The fraction of sp³-hybridized carbons (Fsp3) is 0.463. The summed E-state index contributed by atoms with van der Waals surface area (Å²) in [5, 5.41) is 6.67. The molecule has 3 amide bonds. The van der Waals surface area contributed by atoms with Crippen LogP contribution in [0.15, 0.2) is 78.9 Å². The molecular formula is C54H78BCl2LiN3O10P. The molecule has 2 N–H and O–H groups in total. The molecule has 392 valence electrons. The summed E-state index contributed by atoms with van der Waals surface area (Å²) in [4.78, 5) is 51.2. The molecule has 0 spiro atoms. The van der Waals surface area contributed by atoms with Gasteiger partial charge in [-0.2, -0.15) is 6.42 Å². The van der Waals surface area contributed by atoms with E-state index in [1.807, 2.05) is 20.8 Å². The molecule has 4 aromatic rings. The Morgan fingerprint density at radius 2 is 1.11 bits per heavy atom. The van der Waals surface area contributed by atoms with Gasteiger partial charge in [0.1, 0.15) is 0 Å². The topological polar surface area (TPSA) is 151 Å². The van der Waals surface area contributed by atoms with E-state index in [1.165, 1.54) is 46.7 Å². The molecule has 2 radical (unpaired) electrons. The second kappa shape index (κ2) is 37.5. The van der Waals surface area contributed by atoms with Crippen molar-refractivity contribution in [3.05, 3.63) is 113 Å². The molecule has 18 heteroatoms. The number of unbranched alkanes of at least 4 members (excludes halogenated alkanes) is 1. The van der Waals surface area contributed by atoms with Crippen LogP contribution in [0.4, 0.5) is 11.4 Å². The van der Waals surface area contributed by atoms with E-state index >= 15 is 0 Å². The van der Waals surface area contributed by atoms with Crippen LogP contribution in [0.2, 0.25) is 10.0 Å². The summed E-state index contributed by atoms with van der Waals surface area (Å²) in [5.74, 6) is 1.25. The Labute approximate surface area is 456 Å². The Balaban J connectivity index is 0. The Kier molecular flexibility index (Phi) is 36.3. The maximum atomic E-state index is 13.2. The third-order valence-corrected chi connectivity index (χ3v) is 10.2. The number of rotatable bonds is 10. The molecule has 1 atom stereocenters. The zero-order valence-electron chi connectivity index (χ0n) is 43.9. The van der Waals surface area contributed by atoms with Gasteiger partial charge in [-0.15, -0.1) is 9.24 Å². The van der Waals surface area contributed by atoms with E-state index in [0.29, 0.717) is 82.2 Å². The zero-order valence-corrected chi connectivity index (χ0v) is 46.6. The van der Waals surface area contributed by atoms with Gasteiger partial charge in [-0.25, -0.2) is 0 Å². The van der Waals surface area contributed by atoms with Gasteiger partial charge in [0.2, 0.25) is 11.8 Å². The fourth-order valence-corrected chi connectivity index (χ4v) is 5.99. The van der Waals surface area contributed by atoms with Gasteiger partial charge in [-0.05, 0) is 79.6 Å². The first-order valence-corrected chi connectivity index (χ1v) is 24.5. The molecule has 1 unspecified atom stereocenters. The molecule has 2 aliphatic heterocycles. The van der Waals surface area contributed by atoms with Crippen molar-refractivity contribution in [2.24, 2.45) is 10.8 Å². The number of hydrogen-bond donors (Lipinski definition) is 2. The number of carbonyl (C=O) groups excluding carboxylic acids is 4. The molecule has 72 heavy (non-hydrogen) atoms. The second-order valence-electron chi connectivity index (χ2n) is 17.3. The van der Waals surface area contributed by atoms with Gasteiger partial charge < -0.3 is 50.9 Å². The minimum Gasteiger partial charge on any atom is -0.493 e. The molecule has 0 aromatic heterocycles. The van der Waals surface area contributed by atoms with Crippen molar-refractivity contribution in [2.75, 3.05) is 84.7 Å². The fourth-order valence-electron chi connectivity index (χ4n) is 5.69. The second-order valence-corrected chi connectivity index (χ2v) is 18.7. The Morgan fingerprint density at radius 3 is 1.53 bits per heavy atom. The molecule has 13 nitrogen and oxygen atoms in total. The number of ketones is 1. The van der Waals surface area contributed by atoms with Crippen LogP contribution < -0.4 is 48.4 Å². The van der Waals surface area contributed by atoms with Crippen LogP contribution >= 0.6 is 32.4 Å². The smallest absolute Gasteiger partial charge is 0.493 e. The van der Waals surface area contributed by atoms with Gasteiger partial charge >= 0.3 is 18.9 Å². The first kappa shape index (κ1) is 69.8. The minimum atomic E-state index is -0.604. The molecule has 4 aromatic carbocycles. The summed E-state index contributed by atoms with van der Waals surface area (Å²) >= 11 is 11.8. The third kappa shape index (κ3) is 25.1. The number of carbonyl (C=O) groups is 4. The van der Waals surface area contributed by atoms with E-state index < -0.39 is 5.41 Å². The number of nitrogens with one attached hydrogen (secondary N) is 2. The first-order chi connectivity index (χ1) is 33.2. The molecule has 0 saturated carbocycles. The average molecular weight is 1050 g/mol. The van der Waals surface area contributed by atoms with Crippen LogP contribution in [0.25, 0.3) is 0 Å². The number of anilines is 2. The van der Waals surface area contributed by atoms with E-state index in [0.717, 1.165) is 25.3 Å². The average Bonchev–Trinajstić information content (AvgIpc) is 3.95. The summed E-state index contributed by atoms with van der Waals surface area (Å²) in [6.45, 7) is 21.1. The van der Waals surface area contributed by atoms with Gasteiger partial charge in [0.25, 0.3) is 5.91 Å². The summed E-state index contributed by atoms with van der Waals surface area (Å²) < 4.78 is 31.3. The largest absolute Gasteiger partial charge is 1.00 e. The first-order valence-electron chi connectivity index (χ1n) is 23.0. The van der Waals surface area contributed by atoms with Gasteiger partial charge in [-0.3, -0.25) is 19.2 Å². The van der Waals surface area contributed by atoms with Crippen molar-refractivity contribution in [3.8, 4) is 23.0 Å². The molecule has 6 rings (SSSR count).